The van der Waals surface area contributed by atoms with Gasteiger partial charge in [-0.25, -0.2) is 0 Å². The number of aliphatic hydroxyl groups excluding tert-OH is 1. The van der Waals surface area contributed by atoms with E-state index in [2.05, 4.69) is 10.2 Å². The monoisotopic (exact) mass is 244 g/mol. The Balaban J connectivity index is 2.30. The smallest absolute Gasteiger partial charge is 0.237 e. The molecule has 5 nitrogen and oxygen atoms in total. The molecule has 17 heavy (non-hydrogen) atoms. The van der Waals surface area contributed by atoms with E-state index in [9.17, 15) is 9.90 Å². The van der Waals surface area contributed by atoms with Gasteiger partial charge in [0.25, 0.3) is 0 Å². The van der Waals surface area contributed by atoms with Crippen LogP contribution in [-0.4, -0.2) is 61.4 Å². The van der Waals surface area contributed by atoms with E-state index in [0.717, 1.165) is 25.8 Å². The lowest BCUT2D eigenvalue weighted by molar-refractivity contribution is -0.126. The zero-order valence-corrected chi connectivity index (χ0v) is 10.8. The highest BCUT2D eigenvalue weighted by Gasteiger charge is 2.31. The molecule has 1 rings (SSSR count). The molecule has 0 aromatic heterocycles. The predicted octanol–water partition coefficient (Wildman–Crippen LogP) is -0.0157. The van der Waals surface area contributed by atoms with Gasteiger partial charge in [0.2, 0.25) is 5.91 Å². The maximum atomic E-state index is 11.9. The highest BCUT2D eigenvalue weighted by Crippen LogP contribution is 2.19. The minimum Gasteiger partial charge on any atom is -0.395 e. The van der Waals surface area contributed by atoms with Crippen molar-refractivity contribution in [3.05, 3.63) is 0 Å². The fourth-order valence-electron chi connectivity index (χ4n) is 2.29. The number of aliphatic hydroxyl groups is 1. The van der Waals surface area contributed by atoms with Gasteiger partial charge >= 0.3 is 0 Å². The molecule has 100 valence electrons. The number of nitrogens with one attached hydrogen (secondary N) is 1. The van der Waals surface area contributed by atoms with E-state index in [4.69, 9.17) is 4.74 Å². The van der Waals surface area contributed by atoms with E-state index in [0.29, 0.717) is 13.2 Å². The largest absolute Gasteiger partial charge is 0.395 e. The zero-order chi connectivity index (χ0) is 12.7. The normalized spacial score (nSPS) is 22.6. The Labute approximate surface area is 103 Å². The summed E-state index contributed by atoms with van der Waals surface area (Å²) < 4.78 is 4.92. The molecule has 5 heteroatoms. The second kappa shape index (κ2) is 7.63. The number of amides is 1. The molecule has 1 fully saturated rings. The molecule has 2 atom stereocenters. The third kappa shape index (κ3) is 4.26. The van der Waals surface area contributed by atoms with Crippen LogP contribution in [0.3, 0.4) is 0 Å². The van der Waals surface area contributed by atoms with Gasteiger partial charge in [-0.3, -0.25) is 9.69 Å². The van der Waals surface area contributed by atoms with Crippen LogP contribution in [0, 0.1) is 0 Å². The molecule has 0 bridgehead atoms. The number of hydrogen-bond donors (Lipinski definition) is 2. The Hall–Kier alpha value is -0.650. The lowest BCUT2D eigenvalue weighted by Crippen LogP contribution is -2.48. The van der Waals surface area contributed by atoms with Crippen LogP contribution in [0.4, 0.5) is 0 Å². The van der Waals surface area contributed by atoms with E-state index >= 15 is 0 Å². The summed E-state index contributed by atoms with van der Waals surface area (Å²) in [7, 11) is 1.65. The molecule has 1 aliphatic rings. The number of rotatable bonds is 7. The summed E-state index contributed by atoms with van der Waals surface area (Å²) in [6.07, 6.45) is 2.88. The molecule has 0 radical (unpaired) electrons. The van der Waals surface area contributed by atoms with Crippen molar-refractivity contribution < 1.29 is 14.6 Å². The molecule has 0 aromatic rings. The molecule has 1 heterocycles. The van der Waals surface area contributed by atoms with Crippen molar-refractivity contribution in [2.24, 2.45) is 0 Å². The molecule has 1 amide bonds. The van der Waals surface area contributed by atoms with Gasteiger partial charge in [-0.15, -0.1) is 0 Å². The van der Waals surface area contributed by atoms with Crippen LogP contribution in [0.25, 0.3) is 0 Å². The van der Waals surface area contributed by atoms with Gasteiger partial charge < -0.3 is 15.2 Å². The number of ether oxygens (including phenoxy) is 1. The van der Waals surface area contributed by atoms with E-state index in [1.165, 1.54) is 0 Å². The van der Waals surface area contributed by atoms with Crippen LogP contribution in [-0.2, 0) is 9.53 Å². The van der Waals surface area contributed by atoms with E-state index in [1.54, 1.807) is 7.11 Å². The molecule has 0 aliphatic carbocycles. The van der Waals surface area contributed by atoms with E-state index in [-0.39, 0.29) is 24.6 Å². The van der Waals surface area contributed by atoms with Crippen LogP contribution < -0.4 is 5.32 Å². The average molecular weight is 244 g/mol. The summed E-state index contributed by atoms with van der Waals surface area (Å²) in [5.41, 5.74) is 0. The van der Waals surface area contributed by atoms with Gasteiger partial charge in [0.15, 0.2) is 0 Å². The van der Waals surface area contributed by atoms with Crippen molar-refractivity contribution in [3.8, 4) is 0 Å². The average Bonchev–Trinajstić information content (AvgIpc) is 2.81. The first-order valence-corrected chi connectivity index (χ1v) is 6.34. The first-order chi connectivity index (χ1) is 8.20. The van der Waals surface area contributed by atoms with Gasteiger partial charge in [0, 0.05) is 26.3 Å². The maximum absolute atomic E-state index is 11.9. The second-order valence-corrected chi connectivity index (χ2v) is 4.53. The fourth-order valence-corrected chi connectivity index (χ4v) is 2.29. The molecular weight excluding hydrogens is 220 g/mol. The van der Waals surface area contributed by atoms with Gasteiger partial charge in [-0.05, 0) is 32.7 Å². The van der Waals surface area contributed by atoms with Crippen LogP contribution in [0.1, 0.15) is 26.2 Å². The topological polar surface area (TPSA) is 61.8 Å². The quantitative estimate of drug-likeness (QED) is 0.618. The lowest BCUT2D eigenvalue weighted by Gasteiger charge is -2.28. The van der Waals surface area contributed by atoms with Crippen LogP contribution in [0.5, 0.6) is 0 Å². The SMILES string of the molecule is COCCCNC(=O)C(C)N1CCCC1CO. The number of methoxy groups -OCH3 is 1. The van der Waals surface area contributed by atoms with Crippen molar-refractivity contribution >= 4 is 5.91 Å². The molecule has 1 aliphatic heterocycles. The van der Waals surface area contributed by atoms with Crippen molar-refractivity contribution in [1.82, 2.24) is 10.2 Å². The highest BCUT2D eigenvalue weighted by molar-refractivity contribution is 5.81. The van der Waals surface area contributed by atoms with Crippen LogP contribution >= 0.6 is 0 Å². The van der Waals surface area contributed by atoms with Crippen LogP contribution in [0.15, 0.2) is 0 Å². The highest BCUT2D eigenvalue weighted by atomic mass is 16.5. The Kier molecular flexibility index (Phi) is 6.47. The number of carbonyl (C=O) groups is 1. The Morgan fingerprint density at radius 2 is 2.41 bits per heavy atom. The summed E-state index contributed by atoms with van der Waals surface area (Å²) in [6, 6.07) is -0.00748. The minimum atomic E-state index is -0.155. The number of likely N-dealkylation sites (tertiary alicyclic amines) is 1. The predicted molar refractivity (Wildman–Crippen MR) is 65.8 cm³/mol. The number of nitrogens with zero attached hydrogens (tertiary/aromatic N) is 1. The summed E-state index contributed by atoms with van der Waals surface area (Å²) >= 11 is 0. The molecule has 1 saturated heterocycles. The molecule has 2 N–H and O–H groups in total. The maximum Gasteiger partial charge on any atom is 0.237 e. The van der Waals surface area contributed by atoms with Gasteiger partial charge in [0.1, 0.15) is 0 Å². The molecule has 0 aromatic carbocycles. The van der Waals surface area contributed by atoms with Crippen LogP contribution in [0.2, 0.25) is 0 Å². The Morgan fingerprint density at radius 1 is 1.65 bits per heavy atom. The summed E-state index contributed by atoms with van der Waals surface area (Å²) in [6.45, 7) is 4.26. The van der Waals surface area contributed by atoms with E-state index in [1.807, 2.05) is 6.92 Å². The third-order valence-electron chi connectivity index (χ3n) is 3.33. The first-order valence-electron chi connectivity index (χ1n) is 6.34. The number of hydrogen-bond acceptors (Lipinski definition) is 4. The Bertz CT molecular complexity index is 236. The Morgan fingerprint density at radius 3 is 3.06 bits per heavy atom. The summed E-state index contributed by atoms with van der Waals surface area (Å²) in [5.74, 6) is 0.0430. The molecular formula is C12H24N2O3. The molecule has 0 saturated carbocycles. The molecule has 2 unspecified atom stereocenters. The summed E-state index contributed by atoms with van der Waals surface area (Å²) in [4.78, 5) is 14.0. The van der Waals surface area contributed by atoms with Crippen molar-refractivity contribution in [2.45, 2.75) is 38.3 Å². The van der Waals surface area contributed by atoms with Crippen molar-refractivity contribution in [2.75, 3.05) is 33.4 Å². The first kappa shape index (κ1) is 14.4. The van der Waals surface area contributed by atoms with E-state index < -0.39 is 0 Å². The number of carbonyl (C=O) groups excluding carboxylic acids is 1. The fraction of sp³-hybridized carbons (Fsp3) is 0.917. The lowest BCUT2D eigenvalue weighted by atomic mass is 10.2. The summed E-state index contributed by atoms with van der Waals surface area (Å²) in [5, 5.41) is 12.1. The van der Waals surface area contributed by atoms with Gasteiger partial charge in [-0.2, -0.15) is 0 Å². The van der Waals surface area contributed by atoms with Gasteiger partial charge in [0.05, 0.1) is 12.6 Å². The molecule has 0 spiro atoms. The third-order valence-corrected chi connectivity index (χ3v) is 3.33. The van der Waals surface area contributed by atoms with Crippen molar-refractivity contribution in [3.63, 3.8) is 0 Å². The standard InChI is InChI=1S/C12H24N2O3/c1-10(12(16)13-6-4-8-17-2)14-7-3-5-11(14)9-15/h10-11,15H,3-9H2,1-2H3,(H,13,16). The van der Waals surface area contributed by atoms with Gasteiger partial charge in [-0.1, -0.05) is 0 Å². The second-order valence-electron chi connectivity index (χ2n) is 4.53. The minimum absolute atomic E-state index is 0.0430. The van der Waals surface area contributed by atoms with Crippen molar-refractivity contribution in [1.29, 1.82) is 0 Å². The zero-order valence-electron chi connectivity index (χ0n) is 10.8.